The highest BCUT2D eigenvalue weighted by Gasteiger charge is 1.82. The number of nitrogens with two attached hydrogens (primary N) is 1. The first kappa shape index (κ1) is 6.81. The van der Waals surface area contributed by atoms with Crippen LogP contribution in [0.1, 0.15) is 5.56 Å². The molecule has 0 atom stereocenters. The van der Waals surface area contributed by atoms with E-state index in [1.807, 2.05) is 24.3 Å². The second-order valence-corrected chi connectivity index (χ2v) is 1.87. The summed E-state index contributed by atoms with van der Waals surface area (Å²) >= 11 is 0. The Kier molecular flexibility index (Phi) is 2.05. The molecule has 0 saturated heterocycles. The van der Waals surface area contributed by atoms with E-state index in [0.29, 0.717) is 0 Å². The van der Waals surface area contributed by atoms with Crippen LogP contribution in [-0.2, 0) is 0 Å². The fraction of sp³-hybridized carbons (Fsp3) is 0.125. The molecule has 0 bridgehead atoms. The Hall–Kier alpha value is -1.31. The number of benzene rings is 1. The van der Waals surface area contributed by atoms with E-state index in [0.717, 1.165) is 11.3 Å². The normalized spacial score (nSPS) is 8.90. The quantitative estimate of drug-likeness (QED) is 0.440. The zero-order chi connectivity index (χ0) is 7.40. The van der Waals surface area contributed by atoms with E-state index in [4.69, 9.17) is 10.1 Å². The second kappa shape index (κ2) is 3.01. The van der Waals surface area contributed by atoms with Gasteiger partial charge in [0.2, 0.25) is 0 Å². The maximum absolute atomic E-state index is 5.15. The van der Waals surface area contributed by atoms with Gasteiger partial charge in [0.1, 0.15) is 6.21 Å². The maximum Gasteiger partial charge on any atom is 0.111 e. The first-order chi connectivity index (χ1) is 4.86. The average molecular weight is 135 g/mol. The van der Waals surface area contributed by atoms with Crippen LogP contribution in [0.25, 0.3) is 0 Å². The predicted octanol–water partition coefficient (Wildman–Crippen LogP) is -0.250. The van der Waals surface area contributed by atoms with Crippen LogP contribution in [0.4, 0.5) is 0 Å². The highest BCUT2D eigenvalue weighted by Crippen LogP contribution is 2.08. The largest absolute Gasteiger partial charge is 0.499 e. The van der Waals surface area contributed by atoms with Crippen molar-refractivity contribution in [2.24, 2.45) is 0 Å². The molecule has 0 aliphatic heterocycles. The van der Waals surface area contributed by atoms with Gasteiger partial charge >= 0.3 is 0 Å². The molecule has 0 fully saturated rings. The Morgan fingerprint density at radius 2 is 1.90 bits per heavy atom. The summed E-state index contributed by atoms with van der Waals surface area (Å²) in [5.74, 6) is 0.832. The van der Waals surface area contributed by atoms with Crippen LogP contribution in [0.15, 0.2) is 24.3 Å². The fourth-order valence-corrected chi connectivity index (χ4v) is 0.687. The summed E-state index contributed by atoms with van der Waals surface area (Å²) < 4.78 is 4.95. The van der Waals surface area contributed by atoms with Crippen LogP contribution >= 0.6 is 0 Å². The Morgan fingerprint density at radius 1 is 1.30 bits per heavy atom. The molecule has 2 heteroatoms. The first-order valence-corrected chi connectivity index (χ1v) is 2.97. The van der Waals surface area contributed by atoms with Crippen molar-refractivity contribution in [3.63, 3.8) is 0 Å². The second-order valence-electron chi connectivity index (χ2n) is 1.87. The van der Waals surface area contributed by atoms with Gasteiger partial charge in [-0.3, -0.25) is 0 Å². The summed E-state index contributed by atoms with van der Waals surface area (Å²) in [6, 6.07) is 7.38. The highest BCUT2D eigenvalue weighted by molar-refractivity contribution is 5.74. The third-order valence-electron chi connectivity index (χ3n) is 1.26. The molecule has 0 aromatic heterocycles. The lowest BCUT2D eigenvalue weighted by Gasteiger charge is -2.01. The third kappa shape index (κ3) is 1.35. The van der Waals surface area contributed by atoms with E-state index in [1.165, 1.54) is 0 Å². The monoisotopic (exact) mass is 135 g/mol. The molecule has 2 nitrogen and oxygen atoms in total. The van der Waals surface area contributed by atoms with Gasteiger partial charge in [-0.15, -0.1) is 5.56 Å². The highest BCUT2D eigenvalue weighted by atomic mass is 16.5. The van der Waals surface area contributed by atoms with Crippen molar-refractivity contribution in [3.8, 4) is 5.75 Å². The van der Waals surface area contributed by atoms with E-state index in [-0.39, 0.29) is 0 Å². The van der Waals surface area contributed by atoms with Crippen molar-refractivity contribution in [1.82, 2.24) is 0 Å². The Bertz CT molecular complexity index is 215. The van der Waals surface area contributed by atoms with Crippen LogP contribution < -0.4 is 10.1 Å². The number of ether oxygens (including phenoxy) is 1. The zero-order valence-electron chi connectivity index (χ0n) is 5.79. The molecule has 0 unspecified atom stereocenters. The molecule has 0 radical (unpaired) electrons. The Morgan fingerprint density at radius 3 is 2.30 bits per heavy atom. The number of methoxy groups -OCH3 is 1. The van der Waals surface area contributed by atoms with Crippen LogP contribution in [-0.4, -0.2) is 13.3 Å². The van der Waals surface area contributed by atoms with E-state index in [1.54, 1.807) is 7.11 Å². The fourth-order valence-electron chi connectivity index (χ4n) is 0.687. The van der Waals surface area contributed by atoms with Crippen molar-refractivity contribution in [2.45, 2.75) is 0 Å². The molecule has 1 aromatic carbocycles. The van der Waals surface area contributed by atoms with Crippen molar-refractivity contribution in [1.29, 1.82) is 0 Å². The number of hydrogen-bond donors (Lipinski definition) is 1. The lowest BCUT2D eigenvalue weighted by Crippen LogP contribution is -2.29. The summed E-state index contributed by atoms with van der Waals surface area (Å²) in [6.45, 7) is 0. The van der Waals surface area contributed by atoms with Gasteiger partial charge in [0, 0.05) is 0 Å². The Balaban J connectivity index is 2.90. The van der Waals surface area contributed by atoms with Gasteiger partial charge in [-0.25, -0.2) is 0 Å². The number of rotatable bonds is 2. The SMILES string of the molecule is COc1ccc([C-]=[NH2+])cc1. The third-order valence-corrected chi connectivity index (χ3v) is 1.26. The molecule has 0 spiro atoms. The topological polar surface area (TPSA) is 34.8 Å². The van der Waals surface area contributed by atoms with E-state index < -0.39 is 0 Å². The van der Waals surface area contributed by atoms with Gasteiger partial charge in [0.05, 0.1) is 12.9 Å². The molecule has 0 amide bonds. The molecule has 10 heavy (non-hydrogen) atoms. The van der Waals surface area contributed by atoms with Crippen LogP contribution in [0.2, 0.25) is 0 Å². The van der Waals surface area contributed by atoms with Crippen molar-refractivity contribution >= 4 is 6.21 Å². The van der Waals surface area contributed by atoms with Crippen molar-refractivity contribution in [2.75, 3.05) is 7.11 Å². The predicted molar refractivity (Wildman–Crippen MR) is 39.0 cm³/mol. The molecular weight excluding hydrogens is 126 g/mol. The molecule has 2 N–H and O–H groups in total. The summed E-state index contributed by atoms with van der Waals surface area (Å²) in [7, 11) is 1.63. The van der Waals surface area contributed by atoms with Gasteiger partial charge < -0.3 is 10.1 Å². The smallest absolute Gasteiger partial charge is 0.111 e. The molecule has 1 rings (SSSR count). The summed E-state index contributed by atoms with van der Waals surface area (Å²) in [6.07, 6.45) is 2.52. The maximum atomic E-state index is 5.15. The van der Waals surface area contributed by atoms with E-state index in [9.17, 15) is 0 Å². The van der Waals surface area contributed by atoms with E-state index >= 15 is 0 Å². The standard InChI is InChI=1S/C8H9NO/c1-10-8-4-2-7(6-9)3-5-8/h2-5H,9H2,1H3. The molecule has 0 aliphatic rings. The minimum Gasteiger partial charge on any atom is -0.499 e. The lowest BCUT2D eigenvalue weighted by atomic mass is 10.2. The van der Waals surface area contributed by atoms with Crippen LogP contribution in [0, 0.1) is 0 Å². The zero-order valence-corrected chi connectivity index (χ0v) is 5.79. The van der Waals surface area contributed by atoms with Crippen LogP contribution in [0.5, 0.6) is 5.75 Å². The number of hydrogen-bond acceptors (Lipinski definition) is 1. The Labute approximate surface area is 60.0 Å². The van der Waals surface area contributed by atoms with Gasteiger partial charge in [-0.2, -0.15) is 12.1 Å². The minimum absolute atomic E-state index is 0.832. The van der Waals surface area contributed by atoms with Gasteiger partial charge in [-0.05, 0) is 0 Å². The van der Waals surface area contributed by atoms with E-state index in [2.05, 4.69) is 6.21 Å². The summed E-state index contributed by atoms with van der Waals surface area (Å²) in [5.41, 5.74) is 0.876. The molecule has 0 saturated carbocycles. The molecule has 0 heterocycles. The summed E-state index contributed by atoms with van der Waals surface area (Å²) in [5, 5.41) is 5.15. The van der Waals surface area contributed by atoms with Gasteiger partial charge in [-0.1, -0.05) is 12.1 Å². The minimum atomic E-state index is 0.832. The molecular formula is C8H9NO. The van der Waals surface area contributed by atoms with Gasteiger partial charge in [0.15, 0.2) is 0 Å². The van der Waals surface area contributed by atoms with Crippen LogP contribution in [0.3, 0.4) is 0 Å². The van der Waals surface area contributed by atoms with Crippen molar-refractivity contribution in [3.05, 3.63) is 29.8 Å². The van der Waals surface area contributed by atoms with Crippen molar-refractivity contribution < 1.29 is 10.1 Å². The summed E-state index contributed by atoms with van der Waals surface area (Å²) in [4.78, 5) is 0. The first-order valence-electron chi connectivity index (χ1n) is 2.97. The van der Waals surface area contributed by atoms with Gasteiger partial charge in [0.25, 0.3) is 0 Å². The molecule has 52 valence electrons. The lowest BCUT2D eigenvalue weighted by molar-refractivity contribution is -0.104. The molecule has 1 aromatic rings. The molecule has 0 aliphatic carbocycles. The average Bonchev–Trinajstić information content (AvgIpc) is 2.05.